The number of carbonyl (C=O) groups is 1. The minimum absolute atomic E-state index is 0.0500. The normalized spacial score (nSPS) is 19.1. The number of carbonyl (C=O) groups excluding carboxylic acids is 1. The molecule has 6 nitrogen and oxygen atoms in total. The van der Waals surface area contributed by atoms with E-state index in [1.807, 2.05) is 18.7 Å². The minimum Gasteiger partial charge on any atom is -0.486 e. The maximum absolute atomic E-state index is 14.0. The van der Waals surface area contributed by atoms with E-state index in [1.54, 1.807) is 37.4 Å². The molecule has 9 heteroatoms. The summed E-state index contributed by atoms with van der Waals surface area (Å²) >= 11 is 13.2. The summed E-state index contributed by atoms with van der Waals surface area (Å²) in [5.74, 6) is -0.706. The molecule has 0 saturated heterocycles. The Labute approximate surface area is 226 Å². The summed E-state index contributed by atoms with van der Waals surface area (Å²) in [7, 11) is 1.59. The zero-order valence-electron chi connectivity index (χ0n) is 20.9. The molecule has 0 radical (unpaired) electrons. The number of Topliss-reactive ketones (excluding diaryl/α,β-unsaturated/α-hetero) is 1. The third-order valence-electron chi connectivity index (χ3n) is 6.69. The lowest BCUT2D eigenvalue weighted by atomic mass is 9.68. The maximum atomic E-state index is 14.0. The van der Waals surface area contributed by atoms with E-state index >= 15 is 0 Å². The van der Waals surface area contributed by atoms with Crippen LogP contribution in [0.4, 0.5) is 4.39 Å². The summed E-state index contributed by atoms with van der Waals surface area (Å²) < 4.78 is 25.1. The first-order valence-electron chi connectivity index (χ1n) is 11.9. The fraction of sp³-hybridized carbons (Fsp3) is 0.357. The van der Waals surface area contributed by atoms with Gasteiger partial charge >= 0.3 is 0 Å². The zero-order valence-corrected chi connectivity index (χ0v) is 22.4. The van der Waals surface area contributed by atoms with E-state index in [0.717, 1.165) is 5.70 Å². The van der Waals surface area contributed by atoms with Crippen molar-refractivity contribution in [3.63, 3.8) is 0 Å². The van der Waals surface area contributed by atoms with Crippen molar-refractivity contribution in [2.45, 2.75) is 39.2 Å². The Balaban J connectivity index is 1.78. The molecular weight excluding hydrogens is 516 g/mol. The molecule has 2 N–H and O–H groups in total. The fourth-order valence-electron chi connectivity index (χ4n) is 5.00. The molecule has 0 unspecified atom stereocenters. The van der Waals surface area contributed by atoms with E-state index in [1.165, 1.54) is 6.07 Å². The Hall–Kier alpha value is -3.05. The molecular formula is C28H28Cl2FN3O3. The Morgan fingerprint density at radius 2 is 1.89 bits per heavy atom. The van der Waals surface area contributed by atoms with Gasteiger partial charge in [-0.2, -0.15) is 5.26 Å². The summed E-state index contributed by atoms with van der Waals surface area (Å²) in [6, 6.07) is 11.7. The Bertz CT molecular complexity index is 1320. The van der Waals surface area contributed by atoms with Crippen LogP contribution in [0.2, 0.25) is 10.0 Å². The number of hydrogen-bond acceptors (Lipinski definition) is 6. The van der Waals surface area contributed by atoms with E-state index in [2.05, 4.69) is 6.07 Å². The molecule has 0 amide bonds. The van der Waals surface area contributed by atoms with Gasteiger partial charge in [-0.3, -0.25) is 4.79 Å². The molecule has 0 aromatic heterocycles. The van der Waals surface area contributed by atoms with Crippen LogP contribution in [0.5, 0.6) is 5.75 Å². The number of benzene rings is 2. The first kappa shape index (κ1) is 27.0. The van der Waals surface area contributed by atoms with Gasteiger partial charge in [-0.15, -0.1) is 0 Å². The quantitative estimate of drug-likeness (QED) is 0.454. The van der Waals surface area contributed by atoms with Gasteiger partial charge in [0, 0.05) is 36.9 Å². The van der Waals surface area contributed by atoms with Gasteiger partial charge < -0.3 is 20.1 Å². The second kappa shape index (κ2) is 10.7. The first-order chi connectivity index (χ1) is 17.6. The van der Waals surface area contributed by atoms with Crippen molar-refractivity contribution in [2.24, 2.45) is 11.1 Å². The van der Waals surface area contributed by atoms with Gasteiger partial charge in [0.2, 0.25) is 0 Å². The SMILES string of the molecule is COCCN1C(N)=C(C#N)[C@@H](c2cc(Cl)c(OCc3ccccc3F)c(Cl)c2)C2=C1CC(C)(C)CC2=O. The minimum atomic E-state index is -0.724. The van der Waals surface area contributed by atoms with Crippen LogP contribution in [-0.4, -0.2) is 30.9 Å². The topological polar surface area (TPSA) is 88.6 Å². The molecule has 0 spiro atoms. The molecule has 4 rings (SSSR count). The highest BCUT2D eigenvalue weighted by Gasteiger charge is 2.44. The van der Waals surface area contributed by atoms with E-state index in [-0.39, 0.29) is 45.0 Å². The molecule has 1 heterocycles. The molecule has 2 aromatic rings. The fourth-order valence-corrected chi connectivity index (χ4v) is 5.61. The molecule has 1 aliphatic heterocycles. The van der Waals surface area contributed by atoms with Gasteiger partial charge in [0.25, 0.3) is 0 Å². The van der Waals surface area contributed by atoms with Crippen LogP contribution in [-0.2, 0) is 16.1 Å². The number of nitrogens with two attached hydrogens (primary N) is 1. The van der Waals surface area contributed by atoms with Crippen molar-refractivity contribution in [3.8, 4) is 11.8 Å². The highest BCUT2D eigenvalue weighted by Crippen LogP contribution is 2.50. The van der Waals surface area contributed by atoms with Crippen molar-refractivity contribution in [1.29, 1.82) is 5.26 Å². The van der Waals surface area contributed by atoms with Crippen LogP contribution in [0.1, 0.15) is 43.7 Å². The van der Waals surface area contributed by atoms with E-state index in [0.29, 0.717) is 42.7 Å². The zero-order chi connectivity index (χ0) is 26.9. The second-order valence-electron chi connectivity index (χ2n) is 9.98. The van der Waals surface area contributed by atoms with Crippen LogP contribution in [0.25, 0.3) is 0 Å². The highest BCUT2D eigenvalue weighted by molar-refractivity contribution is 6.37. The van der Waals surface area contributed by atoms with Crippen molar-refractivity contribution in [1.82, 2.24) is 4.90 Å². The van der Waals surface area contributed by atoms with E-state index in [4.69, 9.17) is 38.4 Å². The maximum Gasteiger partial charge on any atom is 0.162 e. The average Bonchev–Trinajstić information content (AvgIpc) is 2.82. The van der Waals surface area contributed by atoms with Crippen molar-refractivity contribution < 1.29 is 18.7 Å². The molecule has 194 valence electrons. The number of nitrogens with zero attached hydrogens (tertiary/aromatic N) is 2. The first-order valence-corrected chi connectivity index (χ1v) is 12.6. The third kappa shape index (κ3) is 5.33. The second-order valence-corrected chi connectivity index (χ2v) is 10.8. The lowest BCUT2D eigenvalue weighted by Crippen LogP contribution is -2.43. The van der Waals surface area contributed by atoms with Gasteiger partial charge in [-0.05, 0) is 35.6 Å². The van der Waals surface area contributed by atoms with Crippen LogP contribution >= 0.6 is 23.2 Å². The van der Waals surface area contributed by atoms with Gasteiger partial charge in [-0.25, -0.2) is 4.39 Å². The largest absolute Gasteiger partial charge is 0.486 e. The Morgan fingerprint density at radius 1 is 1.22 bits per heavy atom. The van der Waals surface area contributed by atoms with Gasteiger partial charge in [0.05, 0.1) is 34.2 Å². The van der Waals surface area contributed by atoms with E-state index in [9.17, 15) is 14.4 Å². The van der Waals surface area contributed by atoms with Gasteiger partial charge in [-0.1, -0.05) is 55.2 Å². The van der Waals surface area contributed by atoms with Crippen LogP contribution in [0, 0.1) is 22.6 Å². The number of rotatable bonds is 7. The number of halogens is 3. The smallest absolute Gasteiger partial charge is 0.162 e. The Kier molecular flexibility index (Phi) is 7.84. The third-order valence-corrected chi connectivity index (χ3v) is 7.25. The standard InChI is InChI=1S/C28H28Cl2FN3O3/c1-28(2)12-22-25(23(35)13-28)24(18(14-32)27(33)34(22)8-9-36-3)17-10-19(29)26(20(30)11-17)37-15-16-6-4-5-7-21(16)31/h4-7,10-11,24H,8-9,12-13,15,33H2,1-3H3/t24-/m1/s1. The number of nitriles is 1. The monoisotopic (exact) mass is 543 g/mol. The predicted octanol–water partition coefficient (Wildman–Crippen LogP) is 6.09. The predicted molar refractivity (Wildman–Crippen MR) is 140 cm³/mol. The number of hydrogen-bond donors (Lipinski definition) is 1. The summed E-state index contributed by atoms with van der Waals surface area (Å²) in [5, 5.41) is 10.5. The number of methoxy groups -OCH3 is 1. The summed E-state index contributed by atoms with van der Waals surface area (Å²) in [4.78, 5) is 15.3. The lowest BCUT2D eigenvalue weighted by Gasteiger charge is -2.43. The molecule has 37 heavy (non-hydrogen) atoms. The number of ether oxygens (including phenoxy) is 2. The summed E-state index contributed by atoms with van der Waals surface area (Å²) in [5.41, 5.74) is 8.73. The number of ketones is 1. The molecule has 1 aliphatic carbocycles. The molecule has 0 saturated carbocycles. The van der Waals surface area contributed by atoms with Gasteiger partial charge in [0.15, 0.2) is 11.5 Å². The highest BCUT2D eigenvalue weighted by atomic mass is 35.5. The molecule has 0 fully saturated rings. The van der Waals surface area contributed by atoms with Crippen molar-refractivity contribution in [2.75, 3.05) is 20.3 Å². The average molecular weight is 544 g/mol. The van der Waals surface area contributed by atoms with Crippen LogP contribution in [0.3, 0.4) is 0 Å². The summed E-state index contributed by atoms with van der Waals surface area (Å²) in [6.07, 6.45) is 0.948. The molecule has 1 atom stereocenters. The lowest BCUT2D eigenvalue weighted by molar-refractivity contribution is -0.118. The molecule has 2 aliphatic rings. The van der Waals surface area contributed by atoms with Crippen LogP contribution < -0.4 is 10.5 Å². The van der Waals surface area contributed by atoms with Crippen LogP contribution in [0.15, 0.2) is 59.1 Å². The molecule has 2 aromatic carbocycles. The number of allylic oxidation sites excluding steroid dienone is 3. The summed E-state index contributed by atoms with van der Waals surface area (Å²) in [6.45, 7) is 4.79. The van der Waals surface area contributed by atoms with E-state index < -0.39 is 11.7 Å². The Morgan fingerprint density at radius 3 is 2.51 bits per heavy atom. The van der Waals surface area contributed by atoms with Crippen molar-refractivity contribution in [3.05, 3.63) is 86.1 Å². The van der Waals surface area contributed by atoms with Crippen molar-refractivity contribution >= 4 is 29.0 Å². The van der Waals surface area contributed by atoms with Gasteiger partial charge in [0.1, 0.15) is 18.2 Å². The molecule has 0 bridgehead atoms.